The smallest absolute Gasteiger partial charge is 0.144 e. The summed E-state index contributed by atoms with van der Waals surface area (Å²) in [5.41, 5.74) is 12.0. The summed E-state index contributed by atoms with van der Waals surface area (Å²) in [6.07, 6.45) is 3.68. The Balaban J connectivity index is 2.08. The molecule has 6 heteroatoms. The molecule has 0 amide bonds. The quantitative estimate of drug-likeness (QED) is 0.640. The van der Waals surface area contributed by atoms with Gasteiger partial charge in [-0.1, -0.05) is 0 Å². The number of nitrogens with one attached hydrogen (secondary N) is 1. The van der Waals surface area contributed by atoms with E-state index in [9.17, 15) is 0 Å². The van der Waals surface area contributed by atoms with Crippen LogP contribution in [0.4, 0.5) is 17.1 Å². The van der Waals surface area contributed by atoms with Crippen LogP contribution in [0.1, 0.15) is 20.8 Å². The molecule has 0 radical (unpaired) electrons. The predicted molar refractivity (Wildman–Crippen MR) is 107 cm³/mol. The van der Waals surface area contributed by atoms with Gasteiger partial charge < -0.3 is 25.5 Å². The van der Waals surface area contributed by atoms with E-state index < -0.39 is 0 Å². The molecule has 1 aromatic carbocycles. The Labute approximate surface area is 154 Å². The minimum Gasteiger partial charge on any atom is -0.492 e. The lowest BCUT2D eigenvalue weighted by atomic mass is 9.96. The van der Waals surface area contributed by atoms with Gasteiger partial charge in [0.2, 0.25) is 0 Å². The number of nitrogens with zero attached hydrogens (tertiary/aromatic N) is 2. The average Bonchev–Trinajstić information content (AvgIpc) is 2.65. The first-order valence-electron chi connectivity index (χ1n) is 8.93. The first-order valence-corrected chi connectivity index (χ1v) is 8.93. The molecular weight excluding hydrogens is 328 g/mol. The number of hydrogen-bond acceptors (Lipinski definition) is 6. The summed E-state index contributed by atoms with van der Waals surface area (Å²) in [6.45, 7) is 9.43. The normalized spacial score (nSPS) is 19.4. The summed E-state index contributed by atoms with van der Waals surface area (Å²) < 4.78 is 11.1. The fourth-order valence-electron chi connectivity index (χ4n) is 3.06. The van der Waals surface area contributed by atoms with Crippen molar-refractivity contribution in [2.24, 2.45) is 4.99 Å². The highest BCUT2D eigenvalue weighted by Crippen LogP contribution is 2.38. The lowest BCUT2D eigenvalue weighted by Gasteiger charge is -2.30. The summed E-state index contributed by atoms with van der Waals surface area (Å²) in [5.74, 6) is 0.648. The third-order valence-electron chi connectivity index (χ3n) is 4.76. The van der Waals surface area contributed by atoms with Crippen molar-refractivity contribution in [1.82, 2.24) is 0 Å². The summed E-state index contributed by atoms with van der Waals surface area (Å²) in [6, 6.07) is 3.85. The van der Waals surface area contributed by atoms with Crippen molar-refractivity contribution < 1.29 is 9.47 Å². The molecule has 2 aliphatic rings. The zero-order valence-electron chi connectivity index (χ0n) is 15.6. The molecule has 0 atom stereocenters. The lowest BCUT2D eigenvalue weighted by Crippen LogP contribution is -2.36. The number of rotatable bonds is 4. The molecule has 6 nitrogen and oxygen atoms in total. The van der Waals surface area contributed by atoms with Crippen LogP contribution in [0.15, 0.2) is 40.4 Å². The molecule has 1 fully saturated rings. The standard InChI is InChI=1S/C20H26N4O2/c1-4-26-20-12-18(23-17-6-5-15(21)13(2)14(17)3)19(11-16(20)22)24-7-9-25-10-8-24/h5-6,11-12,21H,4,7-10,22H2,1-3H3. The molecule has 0 saturated carbocycles. The molecule has 0 unspecified atom stereocenters. The first kappa shape index (κ1) is 18.2. The van der Waals surface area contributed by atoms with Crippen LogP contribution in [-0.2, 0) is 4.74 Å². The van der Waals surface area contributed by atoms with E-state index >= 15 is 0 Å². The third kappa shape index (κ3) is 3.65. The highest BCUT2D eigenvalue weighted by atomic mass is 16.5. The molecular formula is C20H26N4O2. The van der Waals surface area contributed by atoms with Crippen molar-refractivity contribution in [2.45, 2.75) is 20.8 Å². The number of anilines is 2. The maximum absolute atomic E-state index is 7.96. The number of allylic oxidation sites excluding steroid dienone is 4. The Morgan fingerprint density at radius 2 is 1.92 bits per heavy atom. The number of benzene rings is 1. The molecule has 3 N–H and O–H groups in total. The van der Waals surface area contributed by atoms with Crippen molar-refractivity contribution >= 4 is 28.5 Å². The minimum absolute atomic E-state index is 0.530. The van der Waals surface area contributed by atoms with Gasteiger partial charge in [-0.25, -0.2) is 4.99 Å². The highest BCUT2D eigenvalue weighted by molar-refractivity contribution is 6.23. The van der Waals surface area contributed by atoms with Crippen LogP contribution >= 0.6 is 0 Å². The van der Waals surface area contributed by atoms with Crippen molar-refractivity contribution in [2.75, 3.05) is 43.5 Å². The van der Waals surface area contributed by atoms with Crippen molar-refractivity contribution in [3.05, 3.63) is 35.4 Å². The summed E-state index contributed by atoms with van der Waals surface area (Å²) in [5, 5.41) is 7.96. The van der Waals surface area contributed by atoms with Gasteiger partial charge in [0.05, 0.1) is 48.3 Å². The van der Waals surface area contributed by atoms with Crippen molar-refractivity contribution in [3.8, 4) is 5.75 Å². The highest BCUT2D eigenvalue weighted by Gasteiger charge is 2.19. The largest absolute Gasteiger partial charge is 0.492 e. The summed E-state index contributed by atoms with van der Waals surface area (Å²) in [4.78, 5) is 7.15. The second kappa shape index (κ2) is 7.74. The molecule has 1 aliphatic heterocycles. The maximum atomic E-state index is 7.96. The molecule has 0 spiro atoms. The van der Waals surface area contributed by atoms with Crippen LogP contribution in [0.5, 0.6) is 5.75 Å². The number of ether oxygens (including phenoxy) is 2. The van der Waals surface area contributed by atoms with Crippen LogP contribution < -0.4 is 15.4 Å². The fraction of sp³-hybridized carbons (Fsp3) is 0.400. The van der Waals surface area contributed by atoms with Gasteiger partial charge in [0.1, 0.15) is 5.75 Å². The van der Waals surface area contributed by atoms with Gasteiger partial charge in [0.15, 0.2) is 0 Å². The molecule has 1 saturated heterocycles. The van der Waals surface area contributed by atoms with Crippen molar-refractivity contribution in [1.29, 1.82) is 5.41 Å². The van der Waals surface area contributed by atoms with E-state index in [0.29, 0.717) is 37.0 Å². The summed E-state index contributed by atoms with van der Waals surface area (Å²) >= 11 is 0. The second-order valence-corrected chi connectivity index (χ2v) is 6.41. The van der Waals surface area contributed by atoms with Gasteiger partial charge in [-0.2, -0.15) is 0 Å². The van der Waals surface area contributed by atoms with Crippen LogP contribution in [0.3, 0.4) is 0 Å². The first-order chi connectivity index (χ1) is 12.5. The third-order valence-corrected chi connectivity index (χ3v) is 4.76. The Kier molecular flexibility index (Phi) is 5.42. The molecule has 0 aromatic heterocycles. The molecule has 0 bridgehead atoms. The number of hydrogen-bond donors (Lipinski definition) is 2. The van der Waals surface area contributed by atoms with E-state index in [1.165, 1.54) is 0 Å². The number of aliphatic imine (C=N–C) groups is 1. The van der Waals surface area contributed by atoms with E-state index in [2.05, 4.69) is 4.90 Å². The number of morpholine rings is 1. The Morgan fingerprint density at radius 1 is 1.19 bits per heavy atom. The molecule has 1 aliphatic carbocycles. The zero-order valence-corrected chi connectivity index (χ0v) is 15.6. The lowest BCUT2D eigenvalue weighted by molar-refractivity contribution is 0.123. The van der Waals surface area contributed by atoms with E-state index in [4.69, 9.17) is 25.6 Å². The fourth-order valence-corrected chi connectivity index (χ4v) is 3.06. The van der Waals surface area contributed by atoms with Crippen molar-refractivity contribution in [3.63, 3.8) is 0 Å². The summed E-state index contributed by atoms with van der Waals surface area (Å²) in [7, 11) is 0. The Bertz CT molecular complexity index is 802. The van der Waals surface area contributed by atoms with Crippen LogP contribution in [0.2, 0.25) is 0 Å². The van der Waals surface area contributed by atoms with Gasteiger partial charge in [-0.3, -0.25) is 0 Å². The average molecular weight is 354 g/mol. The molecule has 1 aromatic rings. The Morgan fingerprint density at radius 3 is 2.62 bits per heavy atom. The maximum Gasteiger partial charge on any atom is 0.144 e. The van der Waals surface area contributed by atoms with Gasteiger partial charge in [-0.15, -0.1) is 0 Å². The molecule has 3 rings (SSSR count). The monoisotopic (exact) mass is 354 g/mol. The van der Waals surface area contributed by atoms with Gasteiger partial charge in [0, 0.05) is 19.2 Å². The predicted octanol–water partition coefficient (Wildman–Crippen LogP) is 3.50. The number of nitrogen functional groups attached to an aromatic ring is 1. The van der Waals surface area contributed by atoms with Gasteiger partial charge in [-0.05, 0) is 50.1 Å². The molecule has 1 heterocycles. The van der Waals surface area contributed by atoms with Gasteiger partial charge in [0.25, 0.3) is 0 Å². The second-order valence-electron chi connectivity index (χ2n) is 6.41. The topological polar surface area (TPSA) is 83.9 Å². The zero-order chi connectivity index (χ0) is 18.7. The Hall–Kier alpha value is -2.60. The van der Waals surface area contributed by atoms with Crippen LogP contribution in [0.25, 0.3) is 0 Å². The molecule has 26 heavy (non-hydrogen) atoms. The number of nitrogens with two attached hydrogens (primary N) is 1. The van der Waals surface area contributed by atoms with E-state index in [1.807, 2.05) is 39.0 Å². The van der Waals surface area contributed by atoms with Crippen LogP contribution in [0, 0.1) is 5.41 Å². The van der Waals surface area contributed by atoms with E-state index in [0.717, 1.165) is 41.3 Å². The SMILES string of the molecule is CCOc1cc(N=C2C=CC(=N)C(C)=C2C)c(N2CCOCC2)cc1N. The molecule has 138 valence electrons. The minimum atomic E-state index is 0.530. The van der Waals surface area contributed by atoms with Crippen LogP contribution in [-0.4, -0.2) is 44.3 Å². The van der Waals surface area contributed by atoms with E-state index in [1.54, 1.807) is 6.08 Å². The van der Waals surface area contributed by atoms with Gasteiger partial charge >= 0.3 is 0 Å². The van der Waals surface area contributed by atoms with E-state index in [-0.39, 0.29) is 0 Å².